The molecule has 78 heavy (non-hydrogen) atoms. The van der Waals surface area contributed by atoms with Gasteiger partial charge < -0.3 is 0 Å². The molecule has 6 rings (SSSR count). The Morgan fingerprint density at radius 2 is 0.397 bits per heavy atom. The van der Waals surface area contributed by atoms with E-state index in [1.54, 1.807) is 0 Å². The zero-order chi connectivity index (χ0) is 58.4. The van der Waals surface area contributed by atoms with Crippen LogP contribution in [0.2, 0.25) is 0 Å². The Bertz CT molecular complexity index is 2390. The van der Waals surface area contributed by atoms with Crippen molar-refractivity contribution in [3.8, 4) is 0 Å². The molecule has 0 fully saturated rings. The molecule has 0 heterocycles. The second kappa shape index (κ2) is 31.9. The fourth-order valence-corrected chi connectivity index (χ4v) is 10.1. The summed E-state index contributed by atoms with van der Waals surface area (Å²) in [7, 11) is -0.892. The van der Waals surface area contributed by atoms with Crippen molar-refractivity contribution in [1.29, 1.82) is 0 Å². The zero-order valence-electron chi connectivity index (χ0n) is 39.0. The van der Waals surface area contributed by atoms with Gasteiger partial charge >= 0.3 is 53.6 Å². The van der Waals surface area contributed by atoms with Gasteiger partial charge in [0, 0.05) is 49.4 Å². The summed E-state index contributed by atoms with van der Waals surface area (Å²) >= 11 is 0. The summed E-state index contributed by atoms with van der Waals surface area (Å²) in [4.78, 5) is 59.1. The molecular weight excluding hydrogens is 1260 g/mol. The quantitative estimate of drug-likeness (QED) is 0.0577. The molecule has 0 N–H and O–H groups in total. The number of hydrogen-bond donors (Lipinski definition) is 0. The van der Waals surface area contributed by atoms with Crippen LogP contribution in [0.1, 0.15) is 0 Å². The minimum absolute atomic E-state index is 0. The minimum atomic E-state index is -5.85. The van der Waals surface area contributed by atoms with Crippen molar-refractivity contribution in [3.63, 3.8) is 0 Å². The van der Waals surface area contributed by atoms with Crippen molar-refractivity contribution in [2.24, 2.45) is 0 Å². The predicted molar refractivity (Wildman–Crippen MR) is 251 cm³/mol. The van der Waals surface area contributed by atoms with Gasteiger partial charge in [-0.1, -0.05) is 182 Å². The van der Waals surface area contributed by atoms with E-state index in [0.29, 0.717) is 0 Å². The molecule has 0 saturated carbocycles. The van der Waals surface area contributed by atoms with E-state index in [9.17, 15) is 108 Å². The Hall–Kier alpha value is -5.48. The molecule has 0 aliphatic carbocycles. The van der Waals surface area contributed by atoms with Gasteiger partial charge in [-0.15, -0.1) is 0 Å². The topological polar surface area (TPSA) is 102 Å². The molecule has 0 saturated heterocycles. The molecule has 6 nitrogen and oxygen atoms in total. The third-order valence-corrected chi connectivity index (χ3v) is 14.0. The number of carbonyl (C=O) groups excluding carboxylic acids is 6. The van der Waals surface area contributed by atoms with Crippen LogP contribution in [0.15, 0.2) is 182 Å². The van der Waals surface area contributed by atoms with Crippen LogP contribution in [0, 0.1) is 49.4 Å². The van der Waals surface area contributed by atoms with Crippen LogP contribution in [-0.2, 0) is 28.8 Å². The third kappa shape index (κ3) is 21.3. The van der Waals surface area contributed by atoms with Crippen LogP contribution < -0.4 is 31.8 Å². The molecular formula is C51H36EuF18O6P2. The SMILES string of the molecule is O=C(CF)C(F)(F)C(=O)C(F)(F)F.O=C(CF)C(F)(F)C(=O)C(F)(F)F.O=C(CF)C(F)(F)C(=O)C(F)(F)F.[Eu].c1ccc(P(c2ccccc2)c2ccccc2)cc1.c1ccc(P(c2ccccc2)c2ccccc2)cc1. The number of hydrogen-bond acceptors (Lipinski definition) is 6. The average molecular weight is 1300 g/mol. The standard InChI is InChI=1S/2C18H15P.3C5H2F6O2.Eu/c2*1-4-10-16(11-5-1)19(17-12-6-2-7-13-17)18-14-8-3-9-15-18;3*6-1-2(12)4(7,8)3(13)5(9,10)11;/h2*1-15H;3*1H2;. The fraction of sp³-hybridized carbons (Fsp3) is 0.176. The Morgan fingerprint density at radius 1 is 0.269 bits per heavy atom. The molecule has 6 aromatic rings. The molecule has 0 amide bonds. The van der Waals surface area contributed by atoms with Crippen molar-refractivity contribution >= 4 is 82.4 Å². The van der Waals surface area contributed by atoms with Crippen molar-refractivity contribution in [2.75, 3.05) is 20.0 Å². The first-order valence-electron chi connectivity index (χ1n) is 21.0. The Balaban J connectivity index is 0.000000494. The van der Waals surface area contributed by atoms with Gasteiger partial charge in [0.05, 0.1) is 0 Å². The monoisotopic (exact) mass is 1300 g/mol. The normalized spacial score (nSPS) is 11.5. The van der Waals surface area contributed by atoms with E-state index >= 15 is 0 Å². The number of carbonyl (C=O) groups is 6. The molecule has 6 aromatic carbocycles. The van der Waals surface area contributed by atoms with Gasteiger partial charge in [0.25, 0.3) is 0 Å². The van der Waals surface area contributed by atoms with Gasteiger partial charge in [0.15, 0.2) is 20.0 Å². The number of rotatable bonds is 15. The van der Waals surface area contributed by atoms with Gasteiger partial charge in [-0.3, -0.25) is 28.8 Å². The molecule has 0 atom stereocenters. The van der Waals surface area contributed by atoms with E-state index in [1.165, 1.54) is 31.8 Å². The number of halogens is 18. The molecule has 0 aliphatic heterocycles. The predicted octanol–water partition coefficient (Wildman–Crippen LogP) is 10.8. The van der Waals surface area contributed by atoms with Crippen LogP contribution in [-0.4, -0.2) is 91.0 Å². The van der Waals surface area contributed by atoms with Crippen molar-refractivity contribution < 1.29 is 157 Å². The molecule has 0 aromatic heterocycles. The number of Topliss-reactive ketones (excluding diaryl/α,β-unsaturated/α-hetero) is 6. The molecule has 1 radical (unpaired) electrons. The largest absolute Gasteiger partial charge is 0.456 e. The summed E-state index contributed by atoms with van der Waals surface area (Å²) in [6.45, 7) is -6.97. The van der Waals surface area contributed by atoms with Crippen LogP contribution in [0.3, 0.4) is 0 Å². The molecule has 27 heteroatoms. The molecule has 419 valence electrons. The van der Waals surface area contributed by atoms with Crippen LogP contribution in [0.25, 0.3) is 0 Å². The maximum atomic E-state index is 12.0. The number of alkyl halides is 18. The van der Waals surface area contributed by atoms with E-state index in [-0.39, 0.29) is 49.4 Å². The number of benzene rings is 6. The van der Waals surface area contributed by atoms with E-state index in [4.69, 9.17) is 0 Å². The third-order valence-electron chi connectivity index (χ3n) is 9.13. The van der Waals surface area contributed by atoms with Gasteiger partial charge in [0.1, 0.15) is 0 Å². The first-order chi connectivity index (χ1) is 35.8. The van der Waals surface area contributed by atoms with Crippen LogP contribution >= 0.6 is 15.8 Å². The summed E-state index contributed by atoms with van der Waals surface area (Å²) in [5.74, 6) is -34.7. The Kier molecular flexibility index (Phi) is 28.9. The van der Waals surface area contributed by atoms with E-state index in [0.717, 1.165) is 0 Å². The molecule has 0 aliphatic rings. The average Bonchev–Trinajstić information content (AvgIpc) is 3.41. The Labute approximate surface area is 474 Å². The zero-order valence-corrected chi connectivity index (χ0v) is 43.2. The second-order valence-electron chi connectivity index (χ2n) is 14.6. The summed E-state index contributed by atoms with van der Waals surface area (Å²) < 4.78 is 208. The smallest absolute Gasteiger partial charge is 0.289 e. The summed E-state index contributed by atoms with van der Waals surface area (Å²) in [6.07, 6.45) is -17.6. The van der Waals surface area contributed by atoms with E-state index in [1.807, 2.05) is 0 Å². The fourth-order valence-electron chi connectivity index (χ4n) is 5.52. The van der Waals surface area contributed by atoms with Crippen LogP contribution in [0.5, 0.6) is 0 Å². The molecule has 0 spiro atoms. The Morgan fingerprint density at radius 3 is 0.500 bits per heavy atom. The second-order valence-corrected chi connectivity index (χ2v) is 19.0. The molecule has 0 unspecified atom stereocenters. The van der Waals surface area contributed by atoms with Crippen molar-refractivity contribution in [3.05, 3.63) is 182 Å². The molecule has 0 bridgehead atoms. The van der Waals surface area contributed by atoms with Gasteiger partial charge in [-0.2, -0.15) is 65.9 Å². The maximum absolute atomic E-state index is 12.0. The van der Waals surface area contributed by atoms with E-state index < -0.39 is 107 Å². The van der Waals surface area contributed by atoms with E-state index in [2.05, 4.69) is 182 Å². The van der Waals surface area contributed by atoms with Gasteiger partial charge in [0.2, 0.25) is 17.3 Å². The van der Waals surface area contributed by atoms with Crippen LogP contribution in [0.4, 0.5) is 79.0 Å². The van der Waals surface area contributed by atoms with Crippen molar-refractivity contribution in [2.45, 2.75) is 36.3 Å². The van der Waals surface area contributed by atoms with Crippen molar-refractivity contribution in [1.82, 2.24) is 0 Å². The maximum Gasteiger partial charge on any atom is 0.456 e. The van der Waals surface area contributed by atoms with Gasteiger partial charge in [-0.25, -0.2) is 13.2 Å². The summed E-state index contributed by atoms with van der Waals surface area (Å²) in [6, 6.07) is 64.7. The van der Waals surface area contributed by atoms with Gasteiger partial charge in [-0.05, 0) is 47.7 Å². The first-order valence-corrected chi connectivity index (χ1v) is 23.7. The summed E-state index contributed by atoms with van der Waals surface area (Å²) in [5.41, 5.74) is 0. The minimum Gasteiger partial charge on any atom is -0.289 e. The number of ketones is 6. The summed E-state index contributed by atoms with van der Waals surface area (Å²) in [5, 5.41) is 8.39. The first kappa shape index (κ1) is 70.5.